The molecular formula is C11H21N. The van der Waals surface area contributed by atoms with Crippen molar-refractivity contribution >= 4 is 0 Å². The maximum absolute atomic E-state index is 2.61. The van der Waals surface area contributed by atoms with Gasteiger partial charge < -0.3 is 4.90 Å². The maximum Gasteiger partial charge on any atom is 0.00157 e. The van der Waals surface area contributed by atoms with E-state index in [0.29, 0.717) is 0 Å². The van der Waals surface area contributed by atoms with E-state index in [1.165, 1.54) is 38.9 Å². The lowest BCUT2D eigenvalue weighted by Crippen LogP contribution is -2.23. The summed E-state index contributed by atoms with van der Waals surface area (Å²) in [6, 6.07) is 0. The fourth-order valence-electron chi connectivity index (χ4n) is 2.86. The highest BCUT2D eigenvalue weighted by molar-refractivity contribution is 5.04. The van der Waals surface area contributed by atoms with Gasteiger partial charge in [-0.15, -0.1) is 0 Å². The quantitative estimate of drug-likeness (QED) is 0.621. The lowest BCUT2D eigenvalue weighted by atomic mass is 10.1. The second-order valence-electron chi connectivity index (χ2n) is 4.49. The Hall–Kier alpha value is -0.0400. The molecule has 0 aromatic rings. The molecule has 2 fully saturated rings. The van der Waals surface area contributed by atoms with Gasteiger partial charge in [0.05, 0.1) is 0 Å². The summed E-state index contributed by atoms with van der Waals surface area (Å²) in [5.41, 5.74) is 0. The van der Waals surface area contributed by atoms with Gasteiger partial charge in [0.25, 0.3) is 0 Å². The van der Waals surface area contributed by atoms with Gasteiger partial charge >= 0.3 is 0 Å². The van der Waals surface area contributed by atoms with Crippen molar-refractivity contribution in [3.63, 3.8) is 0 Å². The lowest BCUT2D eigenvalue weighted by Gasteiger charge is -2.16. The van der Waals surface area contributed by atoms with Crippen LogP contribution in [-0.4, -0.2) is 24.5 Å². The Labute approximate surface area is 76.1 Å². The predicted molar refractivity (Wildman–Crippen MR) is 52.1 cm³/mol. The SMILES string of the molecule is CCCCC1C2CN(CC)CC12. The smallest absolute Gasteiger partial charge is 0.00157 e. The highest BCUT2D eigenvalue weighted by Gasteiger charge is 2.53. The minimum absolute atomic E-state index is 1.11. The van der Waals surface area contributed by atoms with Crippen molar-refractivity contribution in [1.29, 1.82) is 0 Å². The van der Waals surface area contributed by atoms with Crippen LogP contribution in [0.1, 0.15) is 33.1 Å². The number of hydrogen-bond donors (Lipinski definition) is 0. The van der Waals surface area contributed by atoms with Crippen molar-refractivity contribution < 1.29 is 0 Å². The first-order valence-electron chi connectivity index (χ1n) is 5.59. The number of nitrogens with zero attached hydrogens (tertiary/aromatic N) is 1. The van der Waals surface area contributed by atoms with Crippen LogP contribution in [0, 0.1) is 17.8 Å². The molecule has 70 valence electrons. The molecule has 1 saturated carbocycles. The predicted octanol–water partition coefficient (Wildman–Crippen LogP) is 2.37. The van der Waals surface area contributed by atoms with Crippen LogP contribution in [0.15, 0.2) is 0 Å². The Bertz CT molecular complexity index is 136. The van der Waals surface area contributed by atoms with E-state index >= 15 is 0 Å². The third-order valence-corrected chi connectivity index (χ3v) is 3.79. The van der Waals surface area contributed by atoms with Crippen molar-refractivity contribution in [2.24, 2.45) is 17.8 Å². The third-order valence-electron chi connectivity index (χ3n) is 3.79. The van der Waals surface area contributed by atoms with E-state index in [1.807, 2.05) is 0 Å². The number of hydrogen-bond acceptors (Lipinski definition) is 1. The van der Waals surface area contributed by atoms with E-state index in [0.717, 1.165) is 17.8 Å². The molecule has 1 saturated heterocycles. The van der Waals surface area contributed by atoms with Crippen molar-refractivity contribution in [2.45, 2.75) is 33.1 Å². The summed E-state index contributed by atoms with van der Waals surface area (Å²) in [5.74, 6) is 3.35. The summed E-state index contributed by atoms with van der Waals surface area (Å²) in [4.78, 5) is 2.61. The Morgan fingerprint density at radius 1 is 1.17 bits per heavy atom. The Balaban J connectivity index is 1.69. The second-order valence-corrected chi connectivity index (χ2v) is 4.49. The van der Waals surface area contributed by atoms with Crippen LogP contribution < -0.4 is 0 Å². The second kappa shape index (κ2) is 3.37. The van der Waals surface area contributed by atoms with Gasteiger partial charge in [-0.3, -0.25) is 0 Å². The molecule has 2 rings (SSSR count). The minimum Gasteiger partial charge on any atom is -0.303 e. The molecule has 0 amide bonds. The standard InChI is InChI=1S/C11H21N/c1-3-5-6-9-10-7-12(4-2)8-11(9)10/h9-11H,3-8H2,1-2H3. The van der Waals surface area contributed by atoms with Gasteiger partial charge in [-0.05, 0) is 30.7 Å². The van der Waals surface area contributed by atoms with E-state index < -0.39 is 0 Å². The Kier molecular flexibility index (Phi) is 2.40. The van der Waals surface area contributed by atoms with Gasteiger partial charge in [-0.2, -0.15) is 0 Å². The van der Waals surface area contributed by atoms with Crippen LogP contribution in [0.25, 0.3) is 0 Å². The summed E-state index contributed by atoms with van der Waals surface area (Å²) in [6.45, 7) is 8.68. The lowest BCUT2D eigenvalue weighted by molar-refractivity contribution is 0.294. The van der Waals surface area contributed by atoms with Gasteiger partial charge in [0.2, 0.25) is 0 Å². The molecule has 0 bridgehead atoms. The molecule has 2 unspecified atom stereocenters. The van der Waals surface area contributed by atoms with Gasteiger partial charge in [-0.25, -0.2) is 0 Å². The maximum atomic E-state index is 2.61. The zero-order valence-corrected chi connectivity index (χ0v) is 8.42. The monoisotopic (exact) mass is 167 g/mol. The van der Waals surface area contributed by atoms with Crippen molar-refractivity contribution in [3.8, 4) is 0 Å². The Morgan fingerprint density at radius 3 is 2.33 bits per heavy atom. The van der Waals surface area contributed by atoms with Crippen LogP contribution in [0.4, 0.5) is 0 Å². The molecule has 1 heteroatoms. The highest BCUT2D eigenvalue weighted by Crippen LogP contribution is 2.53. The molecule has 2 atom stereocenters. The topological polar surface area (TPSA) is 3.24 Å². The first-order valence-corrected chi connectivity index (χ1v) is 5.59. The van der Waals surface area contributed by atoms with E-state index in [4.69, 9.17) is 0 Å². The van der Waals surface area contributed by atoms with Crippen LogP contribution in [0.3, 0.4) is 0 Å². The van der Waals surface area contributed by atoms with Crippen LogP contribution in [-0.2, 0) is 0 Å². The number of unbranched alkanes of at least 4 members (excludes halogenated alkanes) is 1. The number of piperidine rings is 1. The summed E-state index contributed by atoms with van der Waals surface area (Å²) in [7, 11) is 0. The van der Waals surface area contributed by atoms with Gasteiger partial charge in [-0.1, -0.05) is 26.7 Å². The van der Waals surface area contributed by atoms with E-state index in [2.05, 4.69) is 18.7 Å². The molecule has 0 radical (unpaired) electrons. The fraction of sp³-hybridized carbons (Fsp3) is 1.00. The zero-order valence-electron chi connectivity index (χ0n) is 8.42. The van der Waals surface area contributed by atoms with Crippen molar-refractivity contribution in [1.82, 2.24) is 4.90 Å². The molecule has 2 aliphatic rings. The minimum atomic E-state index is 1.11. The van der Waals surface area contributed by atoms with Gasteiger partial charge in [0.1, 0.15) is 0 Å². The molecule has 1 aliphatic heterocycles. The average Bonchev–Trinajstić information content (AvgIpc) is 2.58. The fourth-order valence-corrected chi connectivity index (χ4v) is 2.86. The molecule has 0 N–H and O–H groups in total. The van der Waals surface area contributed by atoms with Crippen LogP contribution >= 0.6 is 0 Å². The van der Waals surface area contributed by atoms with Crippen LogP contribution in [0.5, 0.6) is 0 Å². The first-order chi connectivity index (χ1) is 5.86. The molecule has 0 spiro atoms. The molecule has 1 nitrogen and oxygen atoms in total. The highest BCUT2D eigenvalue weighted by atomic mass is 15.2. The number of rotatable bonds is 4. The largest absolute Gasteiger partial charge is 0.303 e. The molecule has 12 heavy (non-hydrogen) atoms. The van der Waals surface area contributed by atoms with Crippen molar-refractivity contribution in [2.75, 3.05) is 19.6 Å². The number of likely N-dealkylation sites (tertiary alicyclic amines) is 1. The van der Waals surface area contributed by atoms with Crippen molar-refractivity contribution in [3.05, 3.63) is 0 Å². The summed E-state index contributed by atoms with van der Waals surface area (Å²) in [6.07, 6.45) is 4.36. The first kappa shape index (κ1) is 8.55. The Morgan fingerprint density at radius 2 is 1.83 bits per heavy atom. The molecule has 1 heterocycles. The van der Waals surface area contributed by atoms with E-state index in [9.17, 15) is 0 Å². The molecule has 0 aromatic carbocycles. The van der Waals surface area contributed by atoms with Gasteiger partial charge in [0.15, 0.2) is 0 Å². The average molecular weight is 167 g/mol. The molecule has 0 aromatic heterocycles. The summed E-state index contributed by atoms with van der Waals surface area (Å²) < 4.78 is 0. The van der Waals surface area contributed by atoms with E-state index in [1.54, 1.807) is 0 Å². The van der Waals surface area contributed by atoms with E-state index in [-0.39, 0.29) is 0 Å². The number of fused-ring (bicyclic) bond motifs is 1. The van der Waals surface area contributed by atoms with Crippen LogP contribution in [0.2, 0.25) is 0 Å². The zero-order chi connectivity index (χ0) is 8.55. The normalized spacial score (nSPS) is 40.0. The summed E-state index contributed by atoms with van der Waals surface area (Å²) in [5, 5.41) is 0. The summed E-state index contributed by atoms with van der Waals surface area (Å²) >= 11 is 0. The van der Waals surface area contributed by atoms with Gasteiger partial charge in [0, 0.05) is 13.1 Å². The molecule has 1 aliphatic carbocycles. The third kappa shape index (κ3) is 1.39. The molecular weight excluding hydrogens is 146 g/mol.